The average Bonchev–Trinajstić information content (AvgIpc) is 2.39. The van der Waals surface area contributed by atoms with Gasteiger partial charge >= 0.3 is 0 Å². The van der Waals surface area contributed by atoms with Crippen molar-refractivity contribution in [2.45, 2.75) is 13.2 Å². The Balaban J connectivity index is 2.19. The molecule has 100 valence electrons. The zero-order valence-electron chi connectivity index (χ0n) is 10.00. The summed E-state index contributed by atoms with van der Waals surface area (Å²) in [6.45, 7) is 0.483. The maximum Gasteiger partial charge on any atom is 0.138 e. The van der Waals surface area contributed by atoms with Gasteiger partial charge in [0.25, 0.3) is 0 Å². The first-order valence-electron chi connectivity index (χ1n) is 5.66. The predicted molar refractivity (Wildman–Crippen MR) is 77.8 cm³/mol. The summed E-state index contributed by atoms with van der Waals surface area (Å²) >= 11 is 9.10. The van der Waals surface area contributed by atoms with Gasteiger partial charge in [0.15, 0.2) is 0 Å². The monoisotopic (exact) mass is 343 g/mol. The molecule has 0 bridgehead atoms. The molecule has 2 aromatic rings. The number of hydrogen-bond donors (Lipinski definition) is 1. The molecule has 0 heterocycles. The summed E-state index contributed by atoms with van der Waals surface area (Å²) in [6, 6.07) is 10.1. The highest BCUT2D eigenvalue weighted by Crippen LogP contribution is 2.30. The van der Waals surface area contributed by atoms with Crippen molar-refractivity contribution >= 4 is 27.5 Å². The maximum atomic E-state index is 13.6. The van der Waals surface area contributed by atoms with Crippen molar-refractivity contribution in [1.82, 2.24) is 0 Å². The van der Waals surface area contributed by atoms with E-state index in [0.29, 0.717) is 22.9 Å². The number of para-hydroxylation sites is 1. The van der Waals surface area contributed by atoms with Crippen LogP contribution >= 0.6 is 27.5 Å². The largest absolute Gasteiger partial charge is 0.487 e. The predicted octanol–water partition coefficient (Wildman–Crippen LogP) is 4.28. The van der Waals surface area contributed by atoms with Gasteiger partial charge in [-0.1, -0.05) is 29.8 Å². The van der Waals surface area contributed by atoms with Gasteiger partial charge in [-0.15, -0.1) is 0 Å². The van der Waals surface area contributed by atoms with Crippen molar-refractivity contribution in [3.05, 3.63) is 62.8 Å². The third kappa shape index (κ3) is 3.47. The molecule has 19 heavy (non-hydrogen) atoms. The summed E-state index contributed by atoms with van der Waals surface area (Å²) in [4.78, 5) is 0. The molecular weight excluding hydrogens is 333 g/mol. The zero-order chi connectivity index (χ0) is 13.8. The van der Waals surface area contributed by atoms with Gasteiger partial charge in [-0.05, 0) is 34.1 Å². The molecule has 0 atom stereocenters. The lowest BCUT2D eigenvalue weighted by Crippen LogP contribution is -2.04. The van der Waals surface area contributed by atoms with Gasteiger partial charge in [0, 0.05) is 22.7 Å². The molecule has 0 amide bonds. The number of halogens is 3. The van der Waals surface area contributed by atoms with Gasteiger partial charge in [0.1, 0.15) is 18.2 Å². The van der Waals surface area contributed by atoms with Crippen LogP contribution in [0.3, 0.4) is 0 Å². The second-order valence-corrected chi connectivity index (χ2v) is 5.25. The Kier molecular flexibility index (Phi) is 4.80. The zero-order valence-corrected chi connectivity index (χ0v) is 12.3. The first-order valence-corrected chi connectivity index (χ1v) is 6.83. The van der Waals surface area contributed by atoms with E-state index in [4.69, 9.17) is 22.1 Å². The molecule has 0 unspecified atom stereocenters. The minimum atomic E-state index is -0.381. The SMILES string of the molecule is NCc1cccc(Br)c1OCc1ccc(Cl)cc1F. The lowest BCUT2D eigenvalue weighted by molar-refractivity contribution is 0.295. The van der Waals surface area contributed by atoms with E-state index in [1.165, 1.54) is 6.07 Å². The van der Waals surface area contributed by atoms with E-state index in [-0.39, 0.29) is 12.4 Å². The van der Waals surface area contributed by atoms with Crippen molar-refractivity contribution in [2.75, 3.05) is 0 Å². The number of hydrogen-bond acceptors (Lipinski definition) is 2. The van der Waals surface area contributed by atoms with Crippen LogP contribution in [0.25, 0.3) is 0 Å². The summed E-state index contributed by atoms with van der Waals surface area (Å²) in [7, 11) is 0. The summed E-state index contributed by atoms with van der Waals surface area (Å²) in [6.07, 6.45) is 0. The Bertz CT molecular complexity index is 592. The van der Waals surface area contributed by atoms with E-state index < -0.39 is 0 Å². The Morgan fingerprint density at radius 3 is 2.68 bits per heavy atom. The molecule has 0 aliphatic rings. The van der Waals surface area contributed by atoms with Crippen molar-refractivity contribution in [1.29, 1.82) is 0 Å². The Morgan fingerprint density at radius 2 is 2.00 bits per heavy atom. The lowest BCUT2D eigenvalue weighted by Gasteiger charge is -2.12. The Hall–Kier alpha value is -1.10. The van der Waals surface area contributed by atoms with Crippen LogP contribution in [0.15, 0.2) is 40.9 Å². The highest BCUT2D eigenvalue weighted by Gasteiger charge is 2.09. The lowest BCUT2D eigenvalue weighted by atomic mass is 10.2. The second-order valence-electron chi connectivity index (χ2n) is 3.96. The molecule has 0 aliphatic carbocycles. The second kappa shape index (κ2) is 6.37. The number of nitrogens with two attached hydrogens (primary N) is 1. The Labute approximate surface area is 124 Å². The first-order chi connectivity index (χ1) is 9.11. The topological polar surface area (TPSA) is 35.2 Å². The molecule has 0 radical (unpaired) electrons. The molecule has 0 fully saturated rings. The van der Waals surface area contributed by atoms with Gasteiger partial charge in [-0.3, -0.25) is 0 Å². The van der Waals surface area contributed by atoms with Crippen LogP contribution in [0.5, 0.6) is 5.75 Å². The number of ether oxygens (including phenoxy) is 1. The summed E-state index contributed by atoms with van der Waals surface area (Å²) in [5.41, 5.74) is 6.96. The highest BCUT2D eigenvalue weighted by molar-refractivity contribution is 9.10. The summed E-state index contributed by atoms with van der Waals surface area (Å²) in [5, 5.41) is 0.366. The van der Waals surface area contributed by atoms with Crippen LogP contribution in [-0.2, 0) is 13.2 Å². The fourth-order valence-corrected chi connectivity index (χ4v) is 2.35. The quantitative estimate of drug-likeness (QED) is 0.898. The smallest absolute Gasteiger partial charge is 0.138 e. The fourth-order valence-electron chi connectivity index (χ4n) is 1.66. The van der Waals surface area contributed by atoms with Gasteiger partial charge in [0.05, 0.1) is 4.47 Å². The van der Waals surface area contributed by atoms with Gasteiger partial charge in [-0.2, -0.15) is 0 Å². The molecule has 0 aliphatic heterocycles. The average molecular weight is 345 g/mol. The van der Waals surface area contributed by atoms with E-state index in [1.54, 1.807) is 12.1 Å². The minimum Gasteiger partial charge on any atom is -0.487 e. The van der Waals surface area contributed by atoms with Crippen molar-refractivity contribution in [3.8, 4) is 5.75 Å². The van der Waals surface area contributed by atoms with E-state index in [0.717, 1.165) is 10.0 Å². The Morgan fingerprint density at radius 1 is 1.21 bits per heavy atom. The molecule has 2 aromatic carbocycles. The van der Waals surface area contributed by atoms with Crippen LogP contribution in [0, 0.1) is 5.82 Å². The molecule has 0 spiro atoms. The van der Waals surface area contributed by atoms with Crippen molar-refractivity contribution in [2.24, 2.45) is 5.73 Å². The number of benzene rings is 2. The van der Waals surface area contributed by atoms with Crippen LogP contribution < -0.4 is 10.5 Å². The standard InChI is InChI=1S/C14H12BrClFNO/c15-12-3-1-2-9(7-18)14(12)19-8-10-4-5-11(16)6-13(10)17/h1-6H,7-8,18H2. The minimum absolute atomic E-state index is 0.124. The van der Waals surface area contributed by atoms with Gasteiger partial charge in [-0.25, -0.2) is 4.39 Å². The maximum absolute atomic E-state index is 13.6. The van der Waals surface area contributed by atoms with Crippen molar-refractivity contribution < 1.29 is 9.13 Å². The molecule has 0 saturated carbocycles. The molecule has 2 N–H and O–H groups in total. The number of rotatable bonds is 4. The van der Waals surface area contributed by atoms with Crippen molar-refractivity contribution in [3.63, 3.8) is 0 Å². The van der Waals surface area contributed by atoms with E-state index in [1.807, 2.05) is 18.2 Å². The third-order valence-electron chi connectivity index (χ3n) is 2.66. The van der Waals surface area contributed by atoms with Crippen LogP contribution in [0.1, 0.15) is 11.1 Å². The van der Waals surface area contributed by atoms with Gasteiger partial charge < -0.3 is 10.5 Å². The van der Waals surface area contributed by atoms with E-state index in [9.17, 15) is 4.39 Å². The molecule has 5 heteroatoms. The molecule has 2 rings (SSSR count). The third-order valence-corrected chi connectivity index (χ3v) is 3.52. The highest BCUT2D eigenvalue weighted by atomic mass is 79.9. The first kappa shape index (κ1) is 14.3. The van der Waals surface area contributed by atoms with Gasteiger partial charge in [0.2, 0.25) is 0 Å². The van der Waals surface area contributed by atoms with Crippen LogP contribution in [-0.4, -0.2) is 0 Å². The molecular formula is C14H12BrClFNO. The van der Waals surface area contributed by atoms with E-state index >= 15 is 0 Å². The van der Waals surface area contributed by atoms with Crippen LogP contribution in [0.2, 0.25) is 5.02 Å². The molecule has 0 saturated heterocycles. The summed E-state index contributed by atoms with van der Waals surface area (Å²) < 4.78 is 20.1. The van der Waals surface area contributed by atoms with Crippen LogP contribution in [0.4, 0.5) is 4.39 Å². The summed E-state index contributed by atoms with van der Waals surface area (Å²) in [5.74, 6) is 0.258. The normalized spacial score (nSPS) is 10.5. The molecule has 2 nitrogen and oxygen atoms in total. The molecule has 0 aromatic heterocycles. The fraction of sp³-hybridized carbons (Fsp3) is 0.143. The van der Waals surface area contributed by atoms with E-state index in [2.05, 4.69) is 15.9 Å².